The number of carbonyl (C=O) groups is 1. The first-order valence-corrected chi connectivity index (χ1v) is 9.23. The quantitative estimate of drug-likeness (QED) is 0.686. The second-order valence-electron chi connectivity index (χ2n) is 6.73. The van der Waals surface area contributed by atoms with Gasteiger partial charge in [0.25, 0.3) is 0 Å². The molecule has 0 bridgehead atoms. The Balaban J connectivity index is 1.43. The summed E-state index contributed by atoms with van der Waals surface area (Å²) in [5.41, 5.74) is 0.502. The van der Waals surface area contributed by atoms with Crippen LogP contribution in [-0.4, -0.2) is 32.0 Å². The van der Waals surface area contributed by atoms with E-state index in [0.717, 1.165) is 18.9 Å². The van der Waals surface area contributed by atoms with Crippen LogP contribution in [0.2, 0.25) is 5.02 Å². The number of carbonyl (C=O) groups excluding carboxylic acids is 1. The van der Waals surface area contributed by atoms with Crippen LogP contribution >= 0.6 is 11.6 Å². The van der Waals surface area contributed by atoms with Crippen LogP contribution in [-0.2, 0) is 24.1 Å². The fourth-order valence-electron chi connectivity index (χ4n) is 2.83. The Kier molecular flexibility index (Phi) is 5.78. The van der Waals surface area contributed by atoms with E-state index in [4.69, 9.17) is 11.6 Å². The molecule has 1 saturated carbocycles. The maximum Gasteiger partial charge on any atom is 0.435 e. The van der Waals surface area contributed by atoms with Crippen LogP contribution in [0.3, 0.4) is 0 Å². The Morgan fingerprint density at radius 2 is 2.07 bits per heavy atom. The molecule has 0 radical (unpaired) electrons. The van der Waals surface area contributed by atoms with Crippen molar-refractivity contribution >= 4 is 17.5 Å². The molecule has 0 aromatic carbocycles. The summed E-state index contributed by atoms with van der Waals surface area (Å²) < 4.78 is 41.6. The first kappa shape index (κ1) is 19.7. The number of nitrogens with one attached hydrogen (secondary N) is 1. The summed E-state index contributed by atoms with van der Waals surface area (Å²) >= 11 is 5.91. The van der Waals surface area contributed by atoms with Crippen LogP contribution in [0.25, 0.3) is 0 Å². The number of rotatable bonds is 8. The van der Waals surface area contributed by atoms with Crippen molar-refractivity contribution in [2.24, 2.45) is 0 Å². The van der Waals surface area contributed by atoms with Crippen LogP contribution in [0.1, 0.15) is 48.7 Å². The Hall–Kier alpha value is -2.03. The number of hydrogen-bond acceptors (Lipinski definition) is 3. The van der Waals surface area contributed by atoms with Crippen LogP contribution in [0.4, 0.5) is 13.2 Å². The highest BCUT2D eigenvalue weighted by molar-refractivity contribution is 6.31. The maximum atomic E-state index is 12.9. The summed E-state index contributed by atoms with van der Waals surface area (Å²) in [5, 5.41) is 11.2. The zero-order chi connectivity index (χ0) is 19.6. The standard InChI is InChI=1S/C17H21ClF3N5O/c1-11-13(18)10-25(23-11)8-5-16(27)22-6-2-7-26-14(12-3-4-12)9-15(24-26)17(19,20)21/h9-10,12H,2-8H2,1H3,(H,22,27). The molecular weight excluding hydrogens is 383 g/mol. The Labute approximate surface area is 159 Å². The molecule has 0 aliphatic heterocycles. The van der Waals surface area contributed by atoms with Crippen LogP contribution < -0.4 is 5.32 Å². The number of hydrogen-bond donors (Lipinski definition) is 1. The molecule has 10 heteroatoms. The van der Waals surface area contributed by atoms with E-state index < -0.39 is 11.9 Å². The van der Waals surface area contributed by atoms with E-state index in [1.165, 1.54) is 4.68 Å². The summed E-state index contributed by atoms with van der Waals surface area (Å²) in [7, 11) is 0. The van der Waals surface area contributed by atoms with Gasteiger partial charge in [0, 0.05) is 43.9 Å². The van der Waals surface area contributed by atoms with Gasteiger partial charge in [0.1, 0.15) is 0 Å². The molecule has 0 atom stereocenters. The largest absolute Gasteiger partial charge is 0.435 e. The van der Waals surface area contributed by atoms with Crippen molar-refractivity contribution in [3.05, 3.63) is 34.4 Å². The maximum absolute atomic E-state index is 12.9. The SMILES string of the molecule is Cc1nn(CCC(=O)NCCCn2nc(C(F)(F)F)cc2C2CC2)cc1Cl. The van der Waals surface area contributed by atoms with Gasteiger partial charge in [-0.25, -0.2) is 0 Å². The molecule has 3 rings (SSSR count). The number of alkyl halides is 3. The van der Waals surface area contributed by atoms with Gasteiger partial charge in [-0.3, -0.25) is 14.2 Å². The average molecular weight is 404 g/mol. The Morgan fingerprint density at radius 1 is 1.33 bits per heavy atom. The average Bonchev–Trinajstić information content (AvgIpc) is 3.26. The van der Waals surface area contributed by atoms with E-state index in [2.05, 4.69) is 15.5 Å². The number of halogens is 4. The summed E-state index contributed by atoms with van der Waals surface area (Å²) in [6.45, 7) is 2.92. The topological polar surface area (TPSA) is 64.7 Å². The van der Waals surface area contributed by atoms with Crippen molar-refractivity contribution in [3.8, 4) is 0 Å². The van der Waals surface area contributed by atoms with Gasteiger partial charge in [0.05, 0.1) is 10.7 Å². The van der Waals surface area contributed by atoms with Crippen LogP contribution in [0, 0.1) is 6.92 Å². The van der Waals surface area contributed by atoms with Gasteiger partial charge in [-0.2, -0.15) is 23.4 Å². The van der Waals surface area contributed by atoms with Gasteiger partial charge in [-0.15, -0.1) is 0 Å². The third-order valence-corrected chi connectivity index (χ3v) is 4.79. The van der Waals surface area contributed by atoms with Gasteiger partial charge in [-0.1, -0.05) is 11.6 Å². The van der Waals surface area contributed by atoms with Crippen LogP contribution in [0.5, 0.6) is 0 Å². The summed E-state index contributed by atoms with van der Waals surface area (Å²) in [5.74, 6) is 0.0330. The van der Waals surface area contributed by atoms with Crippen molar-refractivity contribution < 1.29 is 18.0 Å². The van der Waals surface area contributed by atoms with E-state index in [1.807, 2.05) is 0 Å². The molecule has 1 fully saturated rings. The van der Waals surface area contributed by atoms with Crippen molar-refractivity contribution in [3.63, 3.8) is 0 Å². The third-order valence-electron chi connectivity index (χ3n) is 4.42. The molecule has 2 aromatic rings. The molecule has 1 N–H and O–H groups in total. The smallest absolute Gasteiger partial charge is 0.356 e. The lowest BCUT2D eigenvalue weighted by Crippen LogP contribution is -2.26. The summed E-state index contributed by atoms with van der Waals surface area (Å²) in [6.07, 6.45) is -0.203. The molecule has 1 aliphatic carbocycles. The summed E-state index contributed by atoms with van der Waals surface area (Å²) in [4.78, 5) is 11.9. The number of aryl methyl sites for hydroxylation is 3. The highest BCUT2D eigenvalue weighted by Gasteiger charge is 2.37. The number of aromatic nitrogens is 4. The molecular formula is C17H21ClF3N5O. The molecule has 1 amide bonds. The second-order valence-corrected chi connectivity index (χ2v) is 7.14. The predicted octanol–water partition coefficient (Wildman–Crippen LogP) is 3.53. The molecule has 2 aromatic heterocycles. The van der Waals surface area contributed by atoms with E-state index >= 15 is 0 Å². The molecule has 0 saturated heterocycles. The minimum atomic E-state index is -4.43. The second kappa shape index (κ2) is 7.92. The molecule has 6 nitrogen and oxygen atoms in total. The lowest BCUT2D eigenvalue weighted by atomic mass is 10.2. The first-order valence-electron chi connectivity index (χ1n) is 8.85. The fraction of sp³-hybridized carbons (Fsp3) is 0.588. The molecule has 1 aliphatic rings. The van der Waals surface area contributed by atoms with Gasteiger partial charge >= 0.3 is 6.18 Å². The molecule has 0 spiro atoms. The van der Waals surface area contributed by atoms with E-state index in [0.29, 0.717) is 42.5 Å². The minimum Gasteiger partial charge on any atom is -0.356 e. The van der Waals surface area contributed by atoms with Gasteiger partial charge in [0.2, 0.25) is 5.91 Å². The fourth-order valence-corrected chi connectivity index (χ4v) is 2.98. The van der Waals surface area contributed by atoms with E-state index in [-0.39, 0.29) is 18.2 Å². The van der Waals surface area contributed by atoms with Crippen molar-refractivity contribution in [2.45, 2.75) is 57.8 Å². The highest BCUT2D eigenvalue weighted by atomic mass is 35.5. The lowest BCUT2D eigenvalue weighted by molar-refractivity contribution is -0.141. The molecule has 148 valence electrons. The van der Waals surface area contributed by atoms with Crippen molar-refractivity contribution in [1.82, 2.24) is 24.9 Å². The summed E-state index contributed by atoms with van der Waals surface area (Å²) in [6, 6.07) is 1.15. The first-order chi connectivity index (χ1) is 12.7. The Bertz CT molecular complexity index is 791. The third kappa shape index (κ3) is 5.24. The zero-order valence-corrected chi connectivity index (χ0v) is 15.6. The minimum absolute atomic E-state index is 0.141. The predicted molar refractivity (Wildman–Crippen MR) is 93.4 cm³/mol. The van der Waals surface area contributed by atoms with Crippen LogP contribution in [0.15, 0.2) is 12.3 Å². The molecule has 27 heavy (non-hydrogen) atoms. The molecule has 2 heterocycles. The van der Waals surface area contributed by atoms with Gasteiger partial charge < -0.3 is 5.32 Å². The van der Waals surface area contributed by atoms with E-state index in [1.54, 1.807) is 17.8 Å². The van der Waals surface area contributed by atoms with Crippen molar-refractivity contribution in [1.29, 1.82) is 0 Å². The molecule has 0 unspecified atom stereocenters. The highest BCUT2D eigenvalue weighted by Crippen LogP contribution is 2.42. The zero-order valence-electron chi connectivity index (χ0n) is 14.9. The monoisotopic (exact) mass is 403 g/mol. The normalized spacial score (nSPS) is 14.6. The van der Waals surface area contributed by atoms with Gasteiger partial charge in [0.15, 0.2) is 5.69 Å². The number of amides is 1. The lowest BCUT2D eigenvalue weighted by Gasteiger charge is -2.08. The van der Waals surface area contributed by atoms with E-state index in [9.17, 15) is 18.0 Å². The Morgan fingerprint density at radius 3 is 2.67 bits per heavy atom. The van der Waals surface area contributed by atoms with Crippen molar-refractivity contribution in [2.75, 3.05) is 6.54 Å². The number of nitrogens with zero attached hydrogens (tertiary/aromatic N) is 4. The van der Waals surface area contributed by atoms with Gasteiger partial charge in [-0.05, 0) is 32.3 Å².